The van der Waals surface area contributed by atoms with Crippen LogP contribution in [0.1, 0.15) is 23.5 Å². The number of thiophene rings is 1. The van der Waals surface area contributed by atoms with Gasteiger partial charge < -0.3 is 15.0 Å². The highest BCUT2D eigenvalue weighted by atomic mass is 32.1. The fourth-order valence-corrected chi connectivity index (χ4v) is 2.84. The summed E-state index contributed by atoms with van der Waals surface area (Å²) in [6.45, 7) is 2.92. The molecule has 2 aromatic rings. The molecule has 0 aliphatic rings. The molecule has 1 N–H and O–H groups in total. The third kappa shape index (κ3) is 4.42. The molecule has 0 saturated heterocycles. The van der Waals surface area contributed by atoms with Crippen LogP contribution in [-0.2, 0) is 14.3 Å². The first-order chi connectivity index (χ1) is 11.4. The van der Waals surface area contributed by atoms with Crippen LogP contribution >= 0.6 is 11.3 Å². The number of hydrogen-bond donors (Lipinski definition) is 1. The average molecular weight is 346 g/mol. The Bertz CT molecular complexity index is 742. The number of carbonyl (C=O) groups is 3. The quantitative estimate of drug-likeness (QED) is 0.845. The molecule has 0 aliphatic carbocycles. The van der Waals surface area contributed by atoms with E-state index < -0.39 is 12.1 Å². The van der Waals surface area contributed by atoms with Gasteiger partial charge in [0.25, 0.3) is 5.91 Å². The molecule has 1 aromatic heterocycles. The zero-order chi connectivity index (χ0) is 17.7. The van der Waals surface area contributed by atoms with E-state index in [0.717, 1.165) is 17.0 Å². The van der Waals surface area contributed by atoms with Crippen LogP contribution in [0.2, 0.25) is 0 Å². The lowest BCUT2D eigenvalue weighted by molar-refractivity contribution is -0.126. The Morgan fingerprint density at radius 2 is 1.79 bits per heavy atom. The lowest BCUT2D eigenvalue weighted by Gasteiger charge is -2.21. The minimum absolute atomic E-state index is 0.218. The van der Waals surface area contributed by atoms with Crippen molar-refractivity contribution >= 4 is 39.8 Å². The average Bonchev–Trinajstić information content (AvgIpc) is 3.02. The molecule has 0 spiro atoms. The van der Waals surface area contributed by atoms with Crippen molar-refractivity contribution < 1.29 is 19.1 Å². The number of hydrogen-bond acceptors (Lipinski definition) is 5. The summed E-state index contributed by atoms with van der Waals surface area (Å²) in [6.07, 6.45) is -0.922. The fourth-order valence-electron chi connectivity index (χ4n) is 2.01. The lowest BCUT2D eigenvalue weighted by Crippen LogP contribution is -2.37. The number of benzene rings is 1. The van der Waals surface area contributed by atoms with Gasteiger partial charge in [0.1, 0.15) is 4.88 Å². The highest BCUT2D eigenvalue weighted by molar-refractivity contribution is 7.18. The number of carbonyl (C=O) groups excluding carboxylic acids is 3. The van der Waals surface area contributed by atoms with E-state index in [1.165, 1.54) is 18.7 Å². The molecule has 0 unspecified atom stereocenters. The molecule has 1 heterocycles. The number of nitrogens with zero attached hydrogens (tertiary/aromatic N) is 1. The van der Waals surface area contributed by atoms with E-state index in [1.807, 2.05) is 18.2 Å². The summed E-state index contributed by atoms with van der Waals surface area (Å²) in [5.41, 5.74) is 0.717. The maximum Gasteiger partial charge on any atom is 0.349 e. The summed E-state index contributed by atoms with van der Waals surface area (Å²) in [5, 5.41) is 3.14. The van der Waals surface area contributed by atoms with Crippen LogP contribution in [0, 0.1) is 0 Å². The summed E-state index contributed by atoms with van der Waals surface area (Å²) < 4.78 is 5.23. The van der Waals surface area contributed by atoms with Gasteiger partial charge in [-0.3, -0.25) is 9.59 Å². The van der Waals surface area contributed by atoms with Crippen molar-refractivity contribution in [1.82, 2.24) is 0 Å². The van der Waals surface area contributed by atoms with Gasteiger partial charge in [0.05, 0.1) is 5.00 Å². The zero-order valence-corrected chi connectivity index (χ0v) is 14.4. The molecule has 2 amide bonds. The van der Waals surface area contributed by atoms with E-state index >= 15 is 0 Å². The van der Waals surface area contributed by atoms with Crippen molar-refractivity contribution in [2.75, 3.05) is 17.3 Å². The second-order valence-corrected chi connectivity index (χ2v) is 6.21. The Hall–Kier alpha value is -2.67. The molecular weight excluding hydrogens is 328 g/mol. The number of anilines is 2. The Labute approximate surface area is 144 Å². The van der Waals surface area contributed by atoms with Gasteiger partial charge in [-0.05, 0) is 31.2 Å². The second-order valence-electron chi connectivity index (χ2n) is 5.13. The van der Waals surface area contributed by atoms with Crippen molar-refractivity contribution in [3.63, 3.8) is 0 Å². The van der Waals surface area contributed by atoms with Crippen LogP contribution in [0.5, 0.6) is 0 Å². The summed E-state index contributed by atoms with van der Waals surface area (Å²) in [6, 6.07) is 12.3. The third-order valence-corrected chi connectivity index (χ3v) is 4.19. The van der Waals surface area contributed by atoms with E-state index in [0.29, 0.717) is 9.88 Å². The first-order valence-corrected chi connectivity index (χ1v) is 8.11. The van der Waals surface area contributed by atoms with E-state index in [2.05, 4.69) is 5.32 Å². The van der Waals surface area contributed by atoms with Crippen molar-refractivity contribution in [3.8, 4) is 0 Å². The Balaban J connectivity index is 1.99. The van der Waals surface area contributed by atoms with Crippen LogP contribution in [0.25, 0.3) is 0 Å². The van der Waals surface area contributed by atoms with Gasteiger partial charge in [-0.1, -0.05) is 18.2 Å². The van der Waals surface area contributed by atoms with Gasteiger partial charge in [0.15, 0.2) is 6.10 Å². The normalized spacial score (nSPS) is 11.5. The molecule has 1 aromatic carbocycles. The number of esters is 1. The minimum Gasteiger partial charge on any atom is -0.448 e. The first kappa shape index (κ1) is 17.7. The van der Waals surface area contributed by atoms with E-state index in [1.54, 1.807) is 31.3 Å². The molecule has 0 radical (unpaired) electrons. The summed E-state index contributed by atoms with van der Waals surface area (Å²) in [4.78, 5) is 37.2. The van der Waals surface area contributed by atoms with E-state index in [4.69, 9.17) is 4.74 Å². The zero-order valence-electron chi connectivity index (χ0n) is 13.6. The topological polar surface area (TPSA) is 75.7 Å². The highest BCUT2D eigenvalue weighted by Crippen LogP contribution is 2.23. The molecule has 6 nitrogen and oxygen atoms in total. The smallest absolute Gasteiger partial charge is 0.349 e. The standard InChI is InChI=1S/C17H18N2O4S/c1-11(16(21)19(3)13-7-5-4-6-8-13)23-17(22)14-9-10-15(24-14)18-12(2)20/h4-11H,1-3H3,(H,18,20)/t11-/m1/s1. The van der Waals surface area contributed by atoms with E-state index in [9.17, 15) is 14.4 Å². The highest BCUT2D eigenvalue weighted by Gasteiger charge is 2.23. The van der Waals surface area contributed by atoms with Gasteiger partial charge in [-0.15, -0.1) is 11.3 Å². The molecule has 0 bridgehead atoms. The van der Waals surface area contributed by atoms with Crippen LogP contribution in [0.15, 0.2) is 42.5 Å². The number of amides is 2. The lowest BCUT2D eigenvalue weighted by atomic mass is 10.2. The van der Waals surface area contributed by atoms with Crippen molar-refractivity contribution in [2.45, 2.75) is 20.0 Å². The second kappa shape index (κ2) is 7.74. The third-order valence-electron chi connectivity index (χ3n) is 3.21. The number of para-hydroxylation sites is 1. The van der Waals surface area contributed by atoms with Gasteiger partial charge in [0, 0.05) is 19.7 Å². The summed E-state index contributed by atoms with van der Waals surface area (Å²) >= 11 is 1.10. The molecule has 2 rings (SSSR count). The van der Waals surface area contributed by atoms with Crippen LogP contribution in [0.3, 0.4) is 0 Å². The van der Waals surface area contributed by atoms with Crippen LogP contribution < -0.4 is 10.2 Å². The number of nitrogens with one attached hydrogen (secondary N) is 1. The predicted molar refractivity (Wildman–Crippen MR) is 93.4 cm³/mol. The summed E-state index contributed by atoms with van der Waals surface area (Å²) in [7, 11) is 1.63. The Kier molecular flexibility index (Phi) is 5.70. The number of rotatable bonds is 5. The maximum atomic E-state index is 12.4. The van der Waals surface area contributed by atoms with Crippen molar-refractivity contribution in [3.05, 3.63) is 47.3 Å². The molecular formula is C17H18N2O4S. The van der Waals surface area contributed by atoms with Gasteiger partial charge in [0.2, 0.25) is 5.91 Å². The fraction of sp³-hybridized carbons (Fsp3) is 0.235. The van der Waals surface area contributed by atoms with Gasteiger partial charge in [-0.2, -0.15) is 0 Å². The predicted octanol–water partition coefficient (Wildman–Crippen LogP) is 2.91. The maximum absolute atomic E-state index is 12.4. The Morgan fingerprint density at radius 1 is 1.12 bits per heavy atom. The molecule has 1 atom stereocenters. The van der Waals surface area contributed by atoms with E-state index in [-0.39, 0.29) is 11.8 Å². The van der Waals surface area contributed by atoms with Gasteiger partial charge in [-0.25, -0.2) is 4.79 Å². The minimum atomic E-state index is -0.922. The molecule has 0 saturated carbocycles. The van der Waals surface area contributed by atoms with Crippen LogP contribution in [-0.4, -0.2) is 30.9 Å². The number of likely N-dealkylation sites (N-methyl/N-ethyl adjacent to an activating group) is 1. The molecule has 7 heteroatoms. The van der Waals surface area contributed by atoms with Crippen molar-refractivity contribution in [2.24, 2.45) is 0 Å². The van der Waals surface area contributed by atoms with Crippen LogP contribution in [0.4, 0.5) is 10.7 Å². The molecule has 0 fully saturated rings. The number of ether oxygens (including phenoxy) is 1. The SMILES string of the molecule is CC(=O)Nc1ccc(C(=O)O[C@H](C)C(=O)N(C)c2ccccc2)s1. The molecule has 126 valence electrons. The Morgan fingerprint density at radius 3 is 2.42 bits per heavy atom. The molecule has 24 heavy (non-hydrogen) atoms. The monoisotopic (exact) mass is 346 g/mol. The van der Waals surface area contributed by atoms with Gasteiger partial charge >= 0.3 is 5.97 Å². The summed E-state index contributed by atoms with van der Waals surface area (Å²) in [5.74, 6) is -1.14. The largest absolute Gasteiger partial charge is 0.448 e. The first-order valence-electron chi connectivity index (χ1n) is 7.29. The van der Waals surface area contributed by atoms with Crippen molar-refractivity contribution in [1.29, 1.82) is 0 Å². The molecule has 0 aliphatic heterocycles.